The summed E-state index contributed by atoms with van der Waals surface area (Å²) < 4.78 is 25.8. The molecule has 10 heavy (non-hydrogen) atoms. The summed E-state index contributed by atoms with van der Waals surface area (Å²) in [5.74, 6) is -1.81. The predicted octanol–water partition coefficient (Wildman–Crippen LogP) is -0.0862. The quantitative estimate of drug-likeness (QED) is 0.467. The predicted molar refractivity (Wildman–Crippen MR) is 33.4 cm³/mol. The van der Waals surface area contributed by atoms with Gasteiger partial charge < -0.3 is 5.11 Å². The fraction of sp³-hybridized carbons (Fsp3) is 0.667. The Bertz CT molecular complexity index is 240. The molecule has 60 valence electrons. The Labute approximate surface area is 62.4 Å². The van der Waals surface area contributed by atoms with Crippen molar-refractivity contribution in [3.8, 4) is 0 Å². The van der Waals surface area contributed by atoms with Crippen LogP contribution in [0.15, 0.2) is 0 Å². The third kappa shape index (κ3) is 1.59. The third-order valence-corrected chi connectivity index (χ3v) is 2.76. The highest BCUT2D eigenvalue weighted by Crippen LogP contribution is 2.20. The Kier molecular flexibility index (Phi) is 2.29. The Morgan fingerprint density at radius 3 is 1.90 bits per heavy atom. The van der Waals surface area contributed by atoms with E-state index in [2.05, 4.69) is 0 Å². The van der Waals surface area contributed by atoms with Crippen LogP contribution in [-0.4, -0.2) is 28.3 Å². The lowest BCUT2D eigenvalue weighted by Gasteiger charge is -2.10. The van der Waals surface area contributed by atoms with Crippen molar-refractivity contribution in [1.29, 1.82) is 0 Å². The summed E-state index contributed by atoms with van der Waals surface area (Å²) in [6.07, 6.45) is 0. The van der Waals surface area contributed by atoms with E-state index in [4.69, 9.17) is 21.3 Å². The molecule has 5 nitrogen and oxygen atoms in total. The van der Waals surface area contributed by atoms with Crippen LogP contribution < -0.4 is 0 Å². The maximum Gasteiger partial charge on any atom is 0.342 e. The number of carboxylic acids is 1. The highest BCUT2D eigenvalue weighted by molar-refractivity contribution is 7.89. The van der Waals surface area contributed by atoms with Crippen molar-refractivity contribution >= 4 is 27.7 Å². The van der Waals surface area contributed by atoms with Crippen LogP contribution in [0.2, 0.25) is 0 Å². The van der Waals surface area contributed by atoms with Crippen molar-refractivity contribution in [2.45, 2.75) is 11.1 Å². The first-order chi connectivity index (χ1) is 4.19. The lowest BCUT2D eigenvalue weighted by molar-refractivity contribution is -0.137. The molecule has 0 aliphatic carbocycles. The number of aliphatic carboxylic acids is 1. The molecule has 0 aromatic rings. The number of halogens is 1. The first-order valence-corrected chi connectivity index (χ1v) is 3.90. The van der Waals surface area contributed by atoms with Crippen LogP contribution in [0.3, 0.4) is 0 Å². The van der Waals surface area contributed by atoms with Crippen molar-refractivity contribution in [3.63, 3.8) is 0 Å². The van der Waals surface area contributed by atoms with Crippen LogP contribution in [0.1, 0.15) is 6.92 Å². The molecule has 0 fully saturated rings. The molecule has 1 atom stereocenters. The van der Waals surface area contributed by atoms with Crippen LogP contribution >= 0.6 is 11.6 Å². The molecule has 0 heterocycles. The smallest absolute Gasteiger partial charge is 0.342 e. The van der Waals surface area contributed by atoms with E-state index < -0.39 is 20.3 Å². The molecule has 0 aliphatic rings. The Balaban J connectivity index is 4.95. The Morgan fingerprint density at radius 2 is 1.90 bits per heavy atom. The monoisotopic (exact) mass is 188 g/mol. The maximum absolute atomic E-state index is 10.1. The minimum Gasteiger partial charge on any atom is -0.479 e. The number of hydrogen-bond acceptors (Lipinski definition) is 3. The van der Waals surface area contributed by atoms with Gasteiger partial charge in [-0.25, -0.2) is 4.79 Å². The van der Waals surface area contributed by atoms with Gasteiger partial charge in [-0.2, -0.15) is 8.42 Å². The fourth-order valence-corrected chi connectivity index (χ4v) is 0.331. The topological polar surface area (TPSA) is 91.7 Å². The molecule has 0 saturated carbocycles. The Hall–Kier alpha value is -0.330. The summed E-state index contributed by atoms with van der Waals surface area (Å²) in [4.78, 5) is 10.00. The number of carboxylic acid groups (broad SMARTS) is 1. The van der Waals surface area contributed by atoms with Crippen LogP contribution in [0, 0.1) is 0 Å². The van der Waals surface area contributed by atoms with Gasteiger partial charge in [0.1, 0.15) is 0 Å². The van der Waals surface area contributed by atoms with E-state index in [9.17, 15) is 13.2 Å². The molecule has 1 unspecified atom stereocenters. The molecule has 0 aromatic heterocycles. The molecule has 0 aliphatic heterocycles. The fourth-order valence-electron chi connectivity index (χ4n) is 0.110. The van der Waals surface area contributed by atoms with Crippen molar-refractivity contribution < 1.29 is 22.9 Å². The summed E-state index contributed by atoms with van der Waals surface area (Å²) in [7, 11) is -4.74. The summed E-state index contributed by atoms with van der Waals surface area (Å²) in [5.41, 5.74) is 0. The van der Waals surface area contributed by atoms with Gasteiger partial charge in [0, 0.05) is 0 Å². The molecular weight excluding hydrogens is 184 g/mol. The van der Waals surface area contributed by atoms with Gasteiger partial charge in [-0.05, 0) is 6.92 Å². The zero-order valence-corrected chi connectivity index (χ0v) is 6.48. The zero-order valence-electron chi connectivity index (χ0n) is 4.91. The molecule has 0 radical (unpaired) electrons. The van der Waals surface area contributed by atoms with Crippen LogP contribution in [-0.2, 0) is 14.9 Å². The maximum atomic E-state index is 10.1. The van der Waals surface area contributed by atoms with Gasteiger partial charge in [0.25, 0.3) is 14.3 Å². The molecule has 0 spiro atoms. The molecule has 2 N–H and O–H groups in total. The second-order valence-corrected chi connectivity index (χ2v) is 4.44. The van der Waals surface area contributed by atoms with Crippen molar-refractivity contribution in [1.82, 2.24) is 0 Å². The number of rotatable bonds is 2. The zero-order chi connectivity index (χ0) is 8.58. The minimum atomic E-state index is -4.74. The van der Waals surface area contributed by atoms with Gasteiger partial charge >= 0.3 is 5.97 Å². The molecule has 0 aromatic carbocycles. The second-order valence-electron chi connectivity index (χ2n) is 1.70. The van der Waals surface area contributed by atoms with Gasteiger partial charge in [0.05, 0.1) is 0 Å². The van der Waals surface area contributed by atoms with E-state index in [1.807, 2.05) is 0 Å². The van der Waals surface area contributed by atoms with Crippen LogP contribution in [0.4, 0.5) is 0 Å². The van der Waals surface area contributed by atoms with Crippen molar-refractivity contribution in [2.24, 2.45) is 0 Å². The van der Waals surface area contributed by atoms with E-state index in [0.717, 1.165) is 0 Å². The van der Waals surface area contributed by atoms with Gasteiger partial charge in [0.2, 0.25) is 0 Å². The molecule has 0 rings (SSSR count). The SMILES string of the molecule is CC(Cl)(C(=O)O)S(=O)(=O)O. The summed E-state index contributed by atoms with van der Waals surface area (Å²) in [5, 5.41) is 8.11. The van der Waals surface area contributed by atoms with Gasteiger partial charge in [-0.3, -0.25) is 4.55 Å². The van der Waals surface area contributed by atoms with Gasteiger partial charge in [0.15, 0.2) is 0 Å². The highest BCUT2D eigenvalue weighted by atomic mass is 35.5. The van der Waals surface area contributed by atoms with E-state index in [0.29, 0.717) is 6.92 Å². The van der Waals surface area contributed by atoms with E-state index in [1.165, 1.54) is 0 Å². The van der Waals surface area contributed by atoms with Crippen molar-refractivity contribution in [3.05, 3.63) is 0 Å². The molecule has 7 heteroatoms. The molecule has 0 saturated heterocycles. The summed E-state index contributed by atoms with van der Waals surface area (Å²) in [6, 6.07) is 0. The van der Waals surface area contributed by atoms with E-state index in [-0.39, 0.29) is 0 Å². The van der Waals surface area contributed by atoms with E-state index in [1.54, 1.807) is 0 Å². The highest BCUT2D eigenvalue weighted by Gasteiger charge is 2.43. The standard InChI is InChI=1S/C3H5ClO5S/c1-3(4,2(5)6)10(7,8)9/h1H3,(H,5,6)(H,7,8,9). The average Bonchev–Trinajstić information content (AvgIpc) is 1.62. The molecular formula is C3H5ClO5S. The number of alkyl halides is 1. The van der Waals surface area contributed by atoms with Crippen LogP contribution in [0.5, 0.6) is 0 Å². The van der Waals surface area contributed by atoms with Crippen molar-refractivity contribution in [2.75, 3.05) is 0 Å². The molecule has 0 bridgehead atoms. The lowest BCUT2D eigenvalue weighted by Crippen LogP contribution is -2.37. The van der Waals surface area contributed by atoms with Gasteiger partial charge in [-0.15, -0.1) is 0 Å². The normalized spacial score (nSPS) is 17.9. The third-order valence-electron chi connectivity index (χ3n) is 0.866. The van der Waals surface area contributed by atoms with Crippen LogP contribution in [0.25, 0.3) is 0 Å². The second kappa shape index (κ2) is 2.37. The number of carbonyl (C=O) groups is 1. The largest absolute Gasteiger partial charge is 0.479 e. The Morgan fingerprint density at radius 1 is 1.60 bits per heavy atom. The van der Waals surface area contributed by atoms with E-state index >= 15 is 0 Å². The first-order valence-electron chi connectivity index (χ1n) is 2.09. The minimum absolute atomic E-state index is 0.673. The lowest BCUT2D eigenvalue weighted by atomic mass is 10.5. The van der Waals surface area contributed by atoms with Gasteiger partial charge in [-0.1, -0.05) is 11.6 Å². The summed E-state index contributed by atoms with van der Waals surface area (Å²) >= 11 is 4.91. The number of hydrogen-bond donors (Lipinski definition) is 2. The average molecular weight is 189 g/mol. The first kappa shape index (κ1) is 9.67. The summed E-state index contributed by atoms with van der Waals surface area (Å²) in [6.45, 7) is 0.673. The molecule has 0 amide bonds.